The van der Waals surface area contributed by atoms with Crippen LogP contribution >= 0.6 is 24.4 Å². The number of nitrogens with one attached hydrogen (secondary N) is 1. The number of esters is 1. The summed E-state index contributed by atoms with van der Waals surface area (Å²) >= 11 is 5.94. The Kier molecular flexibility index (Phi) is 10.5. The highest BCUT2D eigenvalue weighted by Gasteiger charge is 2.25. The molecule has 0 fully saturated rings. The Morgan fingerprint density at radius 1 is 1.37 bits per heavy atom. The molecular weight excluding hydrogens is 282 g/mol. The molecule has 0 heterocycles. The molecule has 0 rings (SSSR count). The minimum atomic E-state index is -0.238. The van der Waals surface area contributed by atoms with E-state index in [-0.39, 0.29) is 23.0 Å². The number of thiol groups is 1. The predicted molar refractivity (Wildman–Crippen MR) is 84.0 cm³/mol. The van der Waals surface area contributed by atoms with Crippen LogP contribution in [0.4, 0.5) is 0 Å². The summed E-state index contributed by atoms with van der Waals surface area (Å²) < 4.78 is 4.83. The van der Waals surface area contributed by atoms with Crippen LogP contribution in [0.3, 0.4) is 0 Å². The van der Waals surface area contributed by atoms with Crippen molar-refractivity contribution in [1.29, 1.82) is 0 Å². The van der Waals surface area contributed by atoms with E-state index < -0.39 is 0 Å². The van der Waals surface area contributed by atoms with Gasteiger partial charge < -0.3 is 10.1 Å². The summed E-state index contributed by atoms with van der Waals surface area (Å²) in [7, 11) is 1.78. The molecule has 112 valence electrons. The largest absolute Gasteiger partial charge is 0.466 e. The number of ether oxygens (including phenoxy) is 1. The van der Waals surface area contributed by atoms with E-state index in [2.05, 4.69) is 17.9 Å². The molecule has 0 radical (unpaired) electrons. The zero-order valence-corrected chi connectivity index (χ0v) is 13.9. The second-order valence-electron chi connectivity index (χ2n) is 4.57. The molecule has 0 saturated heterocycles. The van der Waals surface area contributed by atoms with Crippen molar-refractivity contribution >= 4 is 36.1 Å². The zero-order chi connectivity index (χ0) is 14.8. The Hall–Kier alpha value is -0.200. The minimum Gasteiger partial charge on any atom is -0.466 e. The predicted octanol–water partition coefficient (Wildman–Crippen LogP) is 1.78. The fraction of sp³-hybridized carbons (Fsp3) is 0.846. The van der Waals surface area contributed by atoms with Crippen molar-refractivity contribution in [1.82, 2.24) is 5.32 Å². The van der Waals surface area contributed by atoms with Crippen molar-refractivity contribution in [2.45, 2.75) is 38.5 Å². The van der Waals surface area contributed by atoms with Crippen molar-refractivity contribution in [2.24, 2.45) is 5.92 Å². The lowest BCUT2D eigenvalue weighted by atomic mass is 10.0. The van der Waals surface area contributed by atoms with Gasteiger partial charge in [0.05, 0.1) is 24.8 Å². The third-order valence-corrected chi connectivity index (χ3v) is 4.56. The number of likely N-dealkylation sites (N-methyl/N-ethyl adjacent to an activating group) is 1. The Bertz CT molecular complexity index is 285. The molecule has 0 aromatic rings. The molecule has 0 aromatic heterocycles. The van der Waals surface area contributed by atoms with Crippen molar-refractivity contribution < 1.29 is 14.3 Å². The highest BCUT2D eigenvalue weighted by molar-refractivity contribution is 7.99. The van der Waals surface area contributed by atoms with Crippen LogP contribution in [-0.4, -0.2) is 48.2 Å². The number of Topliss-reactive ketones (excluding diaryl/α,β-unsaturated/α-hetero) is 1. The van der Waals surface area contributed by atoms with Crippen molar-refractivity contribution in [3.8, 4) is 0 Å². The molecule has 4 nitrogen and oxygen atoms in total. The lowest BCUT2D eigenvalue weighted by Gasteiger charge is -2.24. The highest BCUT2D eigenvalue weighted by atomic mass is 32.2. The van der Waals surface area contributed by atoms with Crippen LogP contribution in [0.15, 0.2) is 0 Å². The first-order valence-electron chi connectivity index (χ1n) is 6.55. The van der Waals surface area contributed by atoms with E-state index in [9.17, 15) is 9.59 Å². The van der Waals surface area contributed by atoms with Crippen LogP contribution < -0.4 is 5.32 Å². The molecule has 19 heavy (non-hydrogen) atoms. The number of carbonyl (C=O) groups is 2. The monoisotopic (exact) mass is 307 g/mol. The molecule has 0 aliphatic heterocycles. The number of rotatable bonds is 10. The van der Waals surface area contributed by atoms with Crippen molar-refractivity contribution in [3.63, 3.8) is 0 Å². The van der Waals surface area contributed by atoms with Crippen molar-refractivity contribution in [3.05, 3.63) is 0 Å². The van der Waals surface area contributed by atoms with Gasteiger partial charge >= 0.3 is 5.97 Å². The van der Waals surface area contributed by atoms with Crippen LogP contribution in [0.1, 0.15) is 27.2 Å². The summed E-state index contributed by atoms with van der Waals surface area (Å²) in [5, 5.41) is 3.02. The van der Waals surface area contributed by atoms with Gasteiger partial charge in [0.2, 0.25) is 0 Å². The molecule has 0 bridgehead atoms. The normalized spacial score (nSPS) is 14.2. The molecule has 0 amide bonds. The van der Waals surface area contributed by atoms with Gasteiger partial charge in [-0.05, 0) is 19.9 Å². The molecule has 0 unspecified atom stereocenters. The number of ketones is 1. The molecule has 6 heteroatoms. The topological polar surface area (TPSA) is 55.4 Å². The van der Waals surface area contributed by atoms with Crippen molar-refractivity contribution in [2.75, 3.05) is 25.2 Å². The summed E-state index contributed by atoms with van der Waals surface area (Å²) in [5.74, 6) is 1.26. The molecule has 0 saturated carbocycles. The summed E-state index contributed by atoms with van der Waals surface area (Å²) in [5.41, 5.74) is 0. The van der Waals surface area contributed by atoms with E-state index in [4.69, 9.17) is 4.74 Å². The van der Waals surface area contributed by atoms with Gasteiger partial charge in [0, 0.05) is 11.0 Å². The molecule has 2 atom stereocenters. The van der Waals surface area contributed by atoms with Crippen LogP contribution in [0.5, 0.6) is 0 Å². The quantitative estimate of drug-likeness (QED) is 0.366. The van der Waals surface area contributed by atoms with Crippen LogP contribution in [0.25, 0.3) is 0 Å². The first-order valence-corrected chi connectivity index (χ1v) is 8.22. The Morgan fingerprint density at radius 3 is 2.47 bits per heavy atom. The van der Waals surface area contributed by atoms with Gasteiger partial charge in [-0.2, -0.15) is 24.4 Å². The smallest absolute Gasteiger partial charge is 0.306 e. The number of thioether (sulfide) groups is 1. The second kappa shape index (κ2) is 10.6. The Labute approximate surface area is 125 Å². The van der Waals surface area contributed by atoms with E-state index in [1.165, 1.54) is 11.8 Å². The average molecular weight is 307 g/mol. The van der Waals surface area contributed by atoms with E-state index in [1.807, 2.05) is 13.8 Å². The summed E-state index contributed by atoms with van der Waals surface area (Å²) in [6.07, 6.45) is 0.352. The third kappa shape index (κ3) is 7.84. The standard InChI is InChI=1S/C13H25NO3S2/c1-5-17-11(16)6-7-19-8-10(15)12(14-4)13(18)9(2)3/h9,12-14,18H,5-8H2,1-4H3/t12-,13-/m1/s1. The third-order valence-electron chi connectivity index (χ3n) is 2.68. The summed E-state index contributed by atoms with van der Waals surface area (Å²) in [4.78, 5) is 23.2. The molecule has 0 spiro atoms. The van der Waals surface area contributed by atoms with Gasteiger partial charge in [-0.3, -0.25) is 9.59 Å². The van der Waals surface area contributed by atoms with E-state index in [1.54, 1.807) is 14.0 Å². The fourth-order valence-corrected chi connectivity index (χ4v) is 2.71. The van der Waals surface area contributed by atoms with E-state index >= 15 is 0 Å². The maximum Gasteiger partial charge on any atom is 0.306 e. The van der Waals surface area contributed by atoms with Gasteiger partial charge in [-0.25, -0.2) is 0 Å². The maximum absolute atomic E-state index is 12.0. The first-order chi connectivity index (χ1) is 8.93. The van der Waals surface area contributed by atoms with Gasteiger partial charge in [-0.15, -0.1) is 0 Å². The molecule has 0 aliphatic carbocycles. The lowest BCUT2D eigenvalue weighted by molar-refractivity contribution is -0.142. The van der Waals surface area contributed by atoms with Gasteiger partial charge in [0.15, 0.2) is 5.78 Å². The maximum atomic E-state index is 12.0. The Morgan fingerprint density at radius 2 is 2.00 bits per heavy atom. The minimum absolute atomic E-state index is 0.00292. The van der Waals surface area contributed by atoms with E-state index in [0.29, 0.717) is 30.5 Å². The first kappa shape index (κ1) is 18.8. The fourth-order valence-electron chi connectivity index (χ4n) is 1.56. The number of hydrogen-bond acceptors (Lipinski definition) is 6. The van der Waals surface area contributed by atoms with Gasteiger partial charge in [0.25, 0.3) is 0 Å². The van der Waals surface area contributed by atoms with Crippen LogP contribution in [0.2, 0.25) is 0 Å². The van der Waals surface area contributed by atoms with Gasteiger partial charge in [0.1, 0.15) is 0 Å². The zero-order valence-electron chi connectivity index (χ0n) is 12.1. The highest BCUT2D eigenvalue weighted by Crippen LogP contribution is 2.16. The average Bonchev–Trinajstić information content (AvgIpc) is 2.35. The molecule has 1 N–H and O–H groups in total. The lowest BCUT2D eigenvalue weighted by Crippen LogP contribution is -2.45. The van der Waals surface area contributed by atoms with Crippen LogP contribution in [0, 0.1) is 5.92 Å². The second-order valence-corrected chi connectivity index (χ2v) is 6.28. The summed E-state index contributed by atoms with van der Waals surface area (Å²) in [6, 6.07) is -0.238. The van der Waals surface area contributed by atoms with Crippen LogP contribution in [-0.2, 0) is 14.3 Å². The molecule has 0 aromatic carbocycles. The Balaban J connectivity index is 3.98. The molecule has 0 aliphatic rings. The van der Waals surface area contributed by atoms with E-state index in [0.717, 1.165) is 0 Å². The molecular formula is C13H25NO3S2. The SMILES string of the molecule is CCOC(=O)CCSCC(=O)[C@@H](NC)[C@H](S)C(C)C. The van der Waals surface area contributed by atoms with Gasteiger partial charge in [-0.1, -0.05) is 13.8 Å². The number of carbonyl (C=O) groups excluding carboxylic acids is 2. The number of hydrogen-bond donors (Lipinski definition) is 2. The summed E-state index contributed by atoms with van der Waals surface area (Å²) in [6.45, 7) is 6.27.